The molecule has 8 nitrogen and oxygen atoms in total. The number of nitrogens with zero attached hydrogens (tertiary/aromatic N) is 5. The summed E-state index contributed by atoms with van der Waals surface area (Å²) in [6, 6.07) is 5.54. The highest BCUT2D eigenvalue weighted by atomic mass is 32.1. The number of rotatable bonds is 6. The van der Waals surface area contributed by atoms with E-state index in [1.807, 2.05) is 18.2 Å². The van der Waals surface area contributed by atoms with Crippen molar-refractivity contribution >= 4 is 33.4 Å². The number of hydrogen-bond donors (Lipinski definition) is 0. The van der Waals surface area contributed by atoms with Gasteiger partial charge in [0.1, 0.15) is 11.2 Å². The first-order valence-corrected chi connectivity index (χ1v) is 11.1. The summed E-state index contributed by atoms with van der Waals surface area (Å²) in [5.74, 6) is 1.88. The average molecular weight is 438 g/mol. The normalized spacial score (nSPS) is 14.1. The summed E-state index contributed by atoms with van der Waals surface area (Å²) >= 11 is 1.80. The van der Waals surface area contributed by atoms with Crippen molar-refractivity contribution in [1.29, 1.82) is 0 Å². The number of ether oxygens (including phenoxy) is 2. The molecular weight excluding hydrogens is 414 g/mol. The van der Waals surface area contributed by atoms with Crippen LogP contribution >= 0.6 is 11.3 Å². The molecule has 3 aromatic heterocycles. The lowest BCUT2D eigenvalue weighted by Crippen LogP contribution is -1.94. The predicted molar refractivity (Wildman–Crippen MR) is 119 cm³/mol. The van der Waals surface area contributed by atoms with Gasteiger partial charge in [0.25, 0.3) is 0 Å². The smallest absolute Gasteiger partial charge is 0.192 e. The van der Waals surface area contributed by atoms with Crippen molar-refractivity contribution in [2.75, 3.05) is 14.2 Å². The zero-order chi connectivity index (χ0) is 21.2. The molecule has 0 atom stereocenters. The quantitative estimate of drug-likeness (QED) is 0.256. The predicted octanol–water partition coefficient (Wildman–Crippen LogP) is 4.18. The SMILES string of the molecule is COc1ccc(/C=N\OCc2nc3c4c5c(sc4ncn3n2)CCCCC5)cc1OC. The zero-order valence-electron chi connectivity index (χ0n) is 17.5. The number of hydrogen-bond acceptors (Lipinski definition) is 8. The molecule has 0 unspecified atom stereocenters. The summed E-state index contributed by atoms with van der Waals surface area (Å²) in [4.78, 5) is 17.3. The highest BCUT2D eigenvalue weighted by molar-refractivity contribution is 7.19. The van der Waals surface area contributed by atoms with Crippen molar-refractivity contribution in [1.82, 2.24) is 19.6 Å². The summed E-state index contributed by atoms with van der Waals surface area (Å²) in [5, 5.41) is 9.72. The fourth-order valence-electron chi connectivity index (χ4n) is 3.96. The van der Waals surface area contributed by atoms with Crippen LogP contribution in [0.1, 0.15) is 41.1 Å². The van der Waals surface area contributed by atoms with Gasteiger partial charge < -0.3 is 14.3 Å². The molecule has 0 bridgehead atoms. The summed E-state index contributed by atoms with van der Waals surface area (Å²) < 4.78 is 12.3. The molecule has 5 rings (SSSR count). The second kappa shape index (κ2) is 8.50. The summed E-state index contributed by atoms with van der Waals surface area (Å²) in [6.07, 6.45) is 9.33. The molecule has 0 spiro atoms. The molecule has 31 heavy (non-hydrogen) atoms. The van der Waals surface area contributed by atoms with E-state index in [4.69, 9.17) is 19.3 Å². The van der Waals surface area contributed by atoms with E-state index in [9.17, 15) is 0 Å². The third-order valence-electron chi connectivity index (χ3n) is 5.46. The van der Waals surface area contributed by atoms with Gasteiger partial charge in [-0.1, -0.05) is 11.6 Å². The van der Waals surface area contributed by atoms with Crippen molar-refractivity contribution in [3.8, 4) is 11.5 Å². The van der Waals surface area contributed by atoms with Crippen LogP contribution in [0.25, 0.3) is 15.9 Å². The van der Waals surface area contributed by atoms with Crippen LogP contribution in [0.15, 0.2) is 29.7 Å². The third kappa shape index (κ3) is 3.81. The van der Waals surface area contributed by atoms with Gasteiger partial charge in [0, 0.05) is 10.4 Å². The van der Waals surface area contributed by atoms with Gasteiger partial charge in [-0.15, -0.1) is 16.4 Å². The molecule has 1 aliphatic rings. The van der Waals surface area contributed by atoms with Crippen molar-refractivity contribution in [2.45, 2.75) is 38.7 Å². The Morgan fingerprint density at radius 3 is 2.87 bits per heavy atom. The second-order valence-corrected chi connectivity index (χ2v) is 8.49. The number of benzene rings is 1. The van der Waals surface area contributed by atoms with Gasteiger partial charge in [0.15, 0.2) is 29.6 Å². The number of aryl methyl sites for hydroxylation is 2. The van der Waals surface area contributed by atoms with Crippen LogP contribution in [0.2, 0.25) is 0 Å². The minimum absolute atomic E-state index is 0.180. The van der Waals surface area contributed by atoms with E-state index in [0.29, 0.717) is 17.3 Å². The highest BCUT2D eigenvalue weighted by Crippen LogP contribution is 2.36. The lowest BCUT2D eigenvalue weighted by atomic mass is 10.1. The van der Waals surface area contributed by atoms with E-state index in [1.165, 1.54) is 29.7 Å². The minimum atomic E-state index is 0.180. The molecule has 0 radical (unpaired) electrons. The monoisotopic (exact) mass is 437 g/mol. The molecule has 3 heterocycles. The number of thiophene rings is 1. The molecule has 0 aliphatic heterocycles. The minimum Gasteiger partial charge on any atom is -0.493 e. The number of oxime groups is 1. The van der Waals surface area contributed by atoms with E-state index in [2.05, 4.69) is 15.2 Å². The Bertz CT molecular complexity index is 1260. The van der Waals surface area contributed by atoms with Gasteiger partial charge in [0.05, 0.1) is 25.8 Å². The van der Waals surface area contributed by atoms with Gasteiger partial charge in [-0.05, 0) is 49.4 Å². The summed E-state index contributed by atoms with van der Waals surface area (Å²) in [7, 11) is 3.20. The van der Waals surface area contributed by atoms with Crippen LogP contribution in [-0.2, 0) is 24.3 Å². The molecule has 0 saturated heterocycles. The molecule has 0 fully saturated rings. The molecule has 1 aromatic carbocycles. The standard InChI is InChI=1S/C22H23N5O3S/c1-28-16-9-8-14(10-17(16)29-2)11-24-30-12-19-25-21-20-15-6-4-3-5-7-18(15)31-22(20)23-13-27(21)26-19/h8-11,13H,3-7,12H2,1-2H3/b24-11-. The number of methoxy groups -OCH3 is 2. The Morgan fingerprint density at radius 1 is 1.13 bits per heavy atom. The van der Waals surface area contributed by atoms with E-state index < -0.39 is 0 Å². The van der Waals surface area contributed by atoms with Crippen LogP contribution in [0.3, 0.4) is 0 Å². The Labute approximate surface area is 183 Å². The molecular formula is C22H23N5O3S. The van der Waals surface area contributed by atoms with Crippen molar-refractivity contribution < 1.29 is 14.3 Å². The van der Waals surface area contributed by atoms with E-state index in [-0.39, 0.29) is 6.61 Å². The van der Waals surface area contributed by atoms with Crippen LogP contribution in [-0.4, -0.2) is 40.0 Å². The fraction of sp³-hybridized carbons (Fsp3) is 0.364. The lowest BCUT2D eigenvalue weighted by Gasteiger charge is -2.07. The zero-order valence-corrected chi connectivity index (χ0v) is 18.3. The lowest BCUT2D eigenvalue weighted by molar-refractivity contribution is 0.126. The van der Waals surface area contributed by atoms with Gasteiger partial charge >= 0.3 is 0 Å². The second-order valence-electron chi connectivity index (χ2n) is 7.41. The topological polar surface area (TPSA) is 83.1 Å². The molecule has 0 saturated carbocycles. The van der Waals surface area contributed by atoms with Crippen LogP contribution in [0.4, 0.5) is 0 Å². The first-order chi connectivity index (χ1) is 15.3. The summed E-state index contributed by atoms with van der Waals surface area (Å²) in [5.41, 5.74) is 3.10. The van der Waals surface area contributed by atoms with Crippen molar-refractivity contribution in [3.05, 3.63) is 46.4 Å². The van der Waals surface area contributed by atoms with Crippen molar-refractivity contribution in [3.63, 3.8) is 0 Å². The van der Waals surface area contributed by atoms with E-state index >= 15 is 0 Å². The van der Waals surface area contributed by atoms with Gasteiger partial charge in [0.2, 0.25) is 0 Å². The first kappa shape index (κ1) is 19.7. The van der Waals surface area contributed by atoms with Crippen LogP contribution < -0.4 is 9.47 Å². The van der Waals surface area contributed by atoms with E-state index in [1.54, 1.807) is 42.6 Å². The van der Waals surface area contributed by atoms with Gasteiger partial charge in [-0.2, -0.15) is 0 Å². The van der Waals surface area contributed by atoms with E-state index in [0.717, 1.165) is 34.3 Å². The molecule has 0 amide bonds. The first-order valence-electron chi connectivity index (χ1n) is 10.3. The summed E-state index contributed by atoms with van der Waals surface area (Å²) in [6.45, 7) is 0.180. The maximum atomic E-state index is 5.45. The number of aromatic nitrogens is 4. The van der Waals surface area contributed by atoms with Crippen molar-refractivity contribution in [2.24, 2.45) is 5.16 Å². The largest absolute Gasteiger partial charge is 0.493 e. The van der Waals surface area contributed by atoms with Crippen LogP contribution in [0, 0.1) is 0 Å². The Hall–Kier alpha value is -3.20. The maximum Gasteiger partial charge on any atom is 0.192 e. The molecule has 160 valence electrons. The van der Waals surface area contributed by atoms with Gasteiger partial charge in [-0.3, -0.25) is 0 Å². The van der Waals surface area contributed by atoms with Gasteiger partial charge in [-0.25, -0.2) is 14.5 Å². The number of fused-ring (bicyclic) bond motifs is 5. The average Bonchev–Trinajstić information content (AvgIpc) is 3.29. The molecule has 9 heteroatoms. The molecule has 1 aliphatic carbocycles. The Kier molecular flexibility index (Phi) is 5.42. The fourth-order valence-corrected chi connectivity index (χ4v) is 5.19. The Balaban J connectivity index is 1.35. The highest BCUT2D eigenvalue weighted by Gasteiger charge is 2.20. The molecule has 4 aromatic rings. The molecule has 0 N–H and O–H groups in total. The maximum absolute atomic E-state index is 5.45. The van der Waals surface area contributed by atoms with Crippen LogP contribution in [0.5, 0.6) is 11.5 Å². The third-order valence-corrected chi connectivity index (χ3v) is 6.66. The Morgan fingerprint density at radius 2 is 2.00 bits per heavy atom.